The summed E-state index contributed by atoms with van der Waals surface area (Å²) in [4.78, 5) is 12.1. The van der Waals surface area contributed by atoms with E-state index in [0.29, 0.717) is 12.6 Å². The molecule has 2 aromatic rings. The molecule has 0 bridgehead atoms. The topological polar surface area (TPSA) is 34.0 Å². The third-order valence-corrected chi connectivity index (χ3v) is 3.40. The summed E-state index contributed by atoms with van der Waals surface area (Å²) in [5.41, 5.74) is 4.17. The highest BCUT2D eigenvalue weighted by Gasteiger charge is 2.07. The highest BCUT2D eigenvalue weighted by molar-refractivity contribution is 5.42. The van der Waals surface area contributed by atoms with E-state index in [2.05, 4.69) is 42.8 Å². The molecule has 1 N–H and O–H groups in total. The Kier molecular flexibility index (Phi) is 4.40. The molecule has 0 spiro atoms. The van der Waals surface area contributed by atoms with Gasteiger partial charge in [-0.1, -0.05) is 32.0 Å². The van der Waals surface area contributed by atoms with E-state index < -0.39 is 0 Å². The van der Waals surface area contributed by atoms with Crippen LogP contribution in [0.4, 0.5) is 0 Å². The van der Waals surface area contributed by atoms with Crippen molar-refractivity contribution in [1.82, 2.24) is 9.88 Å². The molecule has 0 aliphatic carbocycles. The van der Waals surface area contributed by atoms with Gasteiger partial charge in [-0.25, -0.2) is 0 Å². The Bertz CT molecular complexity index is 656. The number of hydrogen-bond donors (Lipinski definition) is 1. The molecule has 3 nitrogen and oxygen atoms in total. The van der Waals surface area contributed by atoms with Crippen LogP contribution in [-0.4, -0.2) is 10.6 Å². The third kappa shape index (κ3) is 3.17. The van der Waals surface area contributed by atoms with Crippen LogP contribution in [0.3, 0.4) is 0 Å². The normalized spacial score (nSPS) is 11.1. The van der Waals surface area contributed by atoms with Crippen molar-refractivity contribution in [3.63, 3.8) is 0 Å². The molecule has 20 heavy (non-hydrogen) atoms. The van der Waals surface area contributed by atoms with Crippen molar-refractivity contribution in [2.24, 2.45) is 0 Å². The fourth-order valence-corrected chi connectivity index (χ4v) is 2.21. The maximum absolute atomic E-state index is 12.1. The number of para-hydroxylation sites is 1. The van der Waals surface area contributed by atoms with Gasteiger partial charge in [0.2, 0.25) is 0 Å². The standard InChI is InChI=1S/C17H22N2O/c1-12(2)18-10-15-11-19(14(4)9-17(15)20)16-8-6-5-7-13(16)3/h5-9,11-12,18H,10H2,1-4H3. The lowest BCUT2D eigenvalue weighted by Crippen LogP contribution is -2.26. The van der Waals surface area contributed by atoms with Crippen LogP contribution in [0.15, 0.2) is 41.3 Å². The zero-order valence-corrected chi connectivity index (χ0v) is 12.6. The van der Waals surface area contributed by atoms with Crippen molar-refractivity contribution in [2.75, 3.05) is 0 Å². The van der Waals surface area contributed by atoms with Gasteiger partial charge in [-0.2, -0.15) is 0 Å². The average molecular weight is 270 g/mol. The van der Waals surface area contributed by atoms with Crippen molar-refractivity contribution in [3.8, 4) is 5.69 Å². The first kappa shape index (κ1) is 14.5. The van der Waals surface area contributed by atoms with Crippen molar-refractivity contribution in [3.05, 3.63) is 63.6 Å². The van der Waals surface area contributed by atoms with Gasteiger partial charge in [0.25, 0.3) is 0 Å². The molecule has 0 aliphatic rings. The molecule has 2 rings (SSSR count). The lowest BCUT2D eigenvalue weighted by atomic mass is 10.1. The monoisotopic (exact) mass is 270 g/mol. The second-order valence-corrected chi connectivity index (χ2v) is 5.50. The van der Waals surface area contributed by atoms with Crippen LogP contribution in [-0.2, 0) is 6.54 Å². The predicted molar refractivity (Wildman–Crippen MR) is 83.5 cm³/mol. The molecule has 0 saturated carbocycles. The van der Waals surface area contributed by atoms with Gasteiger partial charge >= 0.3 is 0 Å². The summed E-state index contributed by atoms with van der Waals surface area (Å²) in [5.74, 6) is 0. The number of nitrogens with zero attached hydrogens (tertiary/aromatic N) is 1. The number of rotatable bonds is 4. The summed E-state index contributed by atoms with van der Waals surface area (Å²) in [6, 6.07) is 10.3. The van der Waals surface area contributed by atoms with E-state index >= 15 is 0 Å². The first-order valence-electron chi connectivity index (χ1n) is 7.00. The SMILES string of the molecule is Cc1ccccc1-n1cc(CNC(C)C)c(=O)cc1C. The molecule has 0 radical (unpaired) electrons. The van der Waals surface area contributed by atoms with Gasteiger partial charge in [0.05, 0.1) is 0 Å². The van der Waals surface area contributed by atoms with Gasteiger partial charge in [0.15, 0.2) is 5.43 Å². The summed E-state index contributed by atoms with van der Waals surface area (Å²) >= 11 is 0. The predicted octanol–water partition coefficient (Wildman–Crippen LogP) is 2.95. The van der Waals surface area contributed by atoms with Gasteiger partial charge in [0, 0.05) is 41.8 Å². The number of aryl methyl sites for hydroxylation is 2. The fraction of sp³-hybridized carbons (Fsp3) is 0.353. The van der Waals surface area contributed by atoms with Gasteiger partial charge in [-0.05, 0) is 25.5 Å². The molecule has 0 saturated heterocycles. The Morgan fingerprint density at radius 2 is 1.90 bits per heavy atom. The van der Waals surface area contributed by atoms with Crippen molar-refractivity contribution < 1.29 is 0 Å². The summed E-state index contributed by atoms with van der Waals surface area (Å²) in [6.07, 6.45) is 1.95. The van der Waals surface area contributed by atoms with Gasteiger partial charge < -0.3 is 9.88 Å². The smallest absolute Gasteiger partial charge is 0.186 e. The average Bonchev–Trinajstić information content (AvgIpc) is 2.39. The zero-order chi connectivity index (χ0) is 14.7. The number of pyridine rings is 1. The van der Waals surface area contributed by atoms with E-state index in [4.69, 9.17) is 0 Å². The molecule has 0 atom stereocenters. The first-order chi connectivity index (χ1) is 9.49. The number of aromatic nitrogens is 1. The van der Waals surface area contributed by atoms with Crippen molar-refractivity contribution in [2.45, 2.75) is 40.3 Å². The molecule has 106 valence electrons. The second-order valence-electron chi connectivity index (χ2n) is 5.50. The van der Waals surface area contributed by atoms with Gasteiger partial charge in [0.1, 0.15) is 0 Å². The lowest BCUT2D eigenvalue weighted by molar-refractivity contribution is 0.585. The van der Waals surface area contributed by atoms with E-state index in [-0.39, 0.29) is 5.43 Å². The highest BCUT2D eigenvalue weighted by Crippen LogP contribution is 2.15. The van der Waals surface area contributed by atoms with Crippen molar-refractivity contribution in [1.29, 1.82) is 0 Å². The molecule has 0 aliphatic heterocycles. The third-order valence-electron chi connectivity index (χ3n) is 3.40. The Hall–Kier alpha value is -1.87. The number of nitrogens with one attached hydrogen (secondary N) is 1. The zero-order valence-electron chi connectivity index (χ0n) is 12.6. The number of hydrogen-bond acceptors (Lipinski definition) is 2. The summed E-state index contributed by atoms with van der Waals surface area (Å²) in [6.45, 7) is 8.80. The molecular formula is C17H22N2O. The van der Waals surface area contributed by atoms with E-state index in [1.54, 1.807) is 6.07 Å². The van der Waals surface area contributed by atoms with Crippen LogP contribution < -0.4 is 10.7 Å². The maximum atomic E-state index is 12.1. The van der Waals surface area contributed by atoms with Crippen LogP contribution in [0.2, 0.25) is 0 Å². The number of benzene rings is 1. The molecule has 1 aromatic carbocycles. The highest BCUT2D eigenvalue weighted by atomic mass is 16.1. The Morgan fingerprint density at radius 1 is 1.20 bits per heavy atom. The Balaban J connectivity index is 2.46. The second kappa shape index (κ2) is 6.06. The molecule has 0 fully saturated rings. The van der Waals surface area contributed by atoms with E-state index in [1.165, 1.54) is 5.56 Å². The van der Waals surface area contributed by atoms with Crippen molar-refractivity contribution >= 4 is 0 Å². The van der Waals surface area contributed by atoms with Gasteiger partial charge in [-0.15, -0.1) is 0 Å². The van der Waals surface area contributed by atoms with E-state index in [0.717, 1.165) is 16.9 Å². The quantitative estimate of drug-likeness (QED) is 0.927. The van der Waals surface area contributed by atoms with E-state index in [1.807, 2.05) is 25.3 Å². The minimum Gasteiger partial charge on any atom is -0.320 e. The molecular weight excluding hydrogens is 248 g/mol. The molecule has 0 unspecified atom stereocenters. The largest absolute Gasteiger partial charge is 0.320 e. The van der Waals surface area contributed by atoms with Crippen LogP contribution in [0.25, 0.3) is 5.69 Å². The Labute approximate surface area is 120 Å². The summed E-state index contributed by atoms with van der Waals surface area (Å²) in [7, 11) is 0. The summed E-state index contributed by atoms with van der Waals surface area (Å²) in [5, 5.41) is 3.30. The van der Waals surface area contributed by atoms with Crippen LogP contribution in [0.5, 0.6) is 0 Å². The fourth-order valence-electron chi connectivity index (χ4n) is 2.21. The minimum absolute atomic E-state index is 0.0977. The minimum atomic E-state index is 0.0977. The van der Waals surface area contributed by atoms with Gasteiger partial charge in [-0.3, -0.25) is 4.79 Å². The first-order valence-corrected chi connectivity index (χ1v) is 7.00. The molecule has 1 aromatic heterocycles. The molecule has 3 heteroatoms. The van der Waals surface area contributed by atoms with Crippen LogP contribution >= 0.6 is 0 Å². The maximum Gasteiger partial charge on any atom is 0.186 e. The van der Waals surface area contributed by atoms with E-state index in [9.17, 15) is 4.79 Å². The van der Waals surface area contributed by atoms with Crippen LogP contribution in [0, 0.1) is 13.8 Å². The lowest BCUT2D eigenvalue weighted by Gasteiger charge is -2.16. The summed E-state index contributed by atoms with van der Waals surface area (Å²) < 4.78 is 2.09. The van der Waals surface area contributed by atoms with Crippen LogP contribution in [0.1, 0.15) is 30.7 Å². The molecule has 0 amide bonds. The molecule has 1 heterocycles. The Morgan fingerprint density at radius 3 is 2.55 bits per heavy atom.